The van der Waals surface area contributed by atoms with Gasteiger partial charge in [0.1, 0.15) is 18.1 Å². The van der Waals surface area contributed by atoms with E-state index in [-0.39, 0.29) is 37.3 Å². The minimum Gasteiger partial charge on any atom is -0.511 e. The summed E-state index contributed by atoms with van der Waals surface area (Å²) in [5, 5.41) is 28.3. The van der Waals surface area contributed by atoms with Crippen LogP contribution in [0.15, 0.2) is 40.6 Å². The fourth-order valence-electron chi connectivity index (χ4n) is 4.27. The van der Waals surface area contributed by atoms with Crippen molar-refractivity contribution in [2.24, 2.45) is 4.99 Å². The Bertz CT molecular complexity index is 836. The monoisotopic (exact) mass is 475 g/mol. The topological polar surface area (TPSA) is 115 Å². The van der Waals surface area contributed by atoms with Gasteiger partial charge in [-0.2, -0.15) is 0 Å². The van der Waals surface area contributed by atoms with Crippen LogP contribution in [0.25, 0.3) is 0 Å². The Morgan fingerprint density at radius 2 is 1.76 bits per heavy atom. The number of aliphatic imine (C=N–C) groups is 1. The normalized spacial score (nSPS) is 20.4. The van der Waals surface area contributed by atoms with E-state index in [1.165, 1.54) is 6.21 Å². The number of nitrogens with zero attached hydrogens (tertiary/aromatic N) is 3. The largest absolute Gasteiger partial charge is 0.511 e. The second kappa shape index (κ2) is 14.2. The Morgan fingerprint density at radius 3 is 2.47 bits per heavy atom. The number of hydrogen-bond donors (Lipinski definition) is 3. The number of ether oxygens (including phenoxy) is 2. The highest BCUT2D eigenvalue weighted by atomic mass is 16.5. The lowest BCUT2D eigenvalue weighted by Gasteiger charge is -2.33. The van der Waals surface area contributed by atoms with Crippen LogP contribution in [0.2, 0.25) is 0 Å². The fraction of sp³-hybridized carbons (Fsp3) is 0.600. The van der Waals surface area contributed by atoms with Gasteiger partial charge in [-0.3, -0.25) is 19.6 Å². The molecule has 1 aromatic carbocycles. The molecular weight excluding hydrogens is 438 g/mol. The van der Waals surface area contributed by atoms with Gasteiger partial charge < -0.3 is 24.8 Å². The molecule has 9 nitrogen and oxygen atoms in total. The second-order valence-corrected chi connectivity index (χ2v) is 8.59. The van der Waals surface area contributed by atoms with Gasteiger partial charge in [0.15, 0.2) is 5.78 Å². The lowest BCUT2D eigenvalue weighted by molar-refractivity contribution is -0.116. The van der Waals surface area contributed by atoms with Crippen molar-refractivity contribution < 1.29 is 29.6 Å². The van der Waals surface area contributed by atoms with Crippen LogP contribution in [-0.4, -0.2) is 116 Å². The number of β-amino-alcohol motifs (C(OH)–C–C–N with tert-alkyl or cyclic N) is 1. The van der Waals surface area contributed by atoms with E-state index >= 15 is 0 Å². The third-order valence-corrected chi connectivity index (χ3v) is 6.19. The lowest BCUT2D eigenvalue weighted by Crippen LogP contribution is -2.47. The standard InChI is InChI=1S/C25H37N3O6/c29-11-10-28-8-6-27(7-9-28)5-4-26-19-23-24(31)17-21(18-25(23)32)20-2-1-3-22(16-20)34-15-14-33-13-12-30/h1-3,16,19,21,29-31H,4-15,17-18H2. The van der Waals surface area contributed by atoms with E-state index in [9.17, 15) is 9.90 Å². The van der Waals surface area contributed by atoms with Gasteiger partial charge in [0.2, 0.25) is 0 Å². The van der Waals surface area contributed by atoms with Crippen LogP contribution in [0.4, 0.5) is 0 Å². The van der Waals surface area contributed by atoms with E-state index < -0.39 is 0 Å². The van der Waals surface area contributed by atoms with Crippen molar-refractivity contribution in [2.75, 3.05) is 78.8 Å². The number of benzene rings is 1. The number of aliphatic hydroxyl groups is 3. The average Bonchev–Trinajstić information content (AvgIpc) is 2.84. The van der Waals surface area contributed by atoms with Crippen molar-refractivity contribution in [3.63, 3.8) is 0 Å². The van der Waals surface area contributed by atoms with E-state index in [2.05, 4.69) is 14.8 Å². The molecule has 1 heterocycles. The maximum atomic E-state index is 12.7. The maximum Gasteiger partial charge on any atom is 0.168 e. The highest BCUT2D eigenvalue weighted by Crippen LogP contribution is 2.34. The van der Waals surface area contributed by atoms with Gasteiger partial charge in [0.05, 0.1) is 38.5 Å². The van der Waals surface area contributed by atoms with Crippen molar-refractivity contribution >= 4 is 12.0 Å². The molecule has 0 radical (unpaired) electrons. The molecule has 1 aliphatic heterocycles. The number of carbonyl (C=O) groups excluding carboxylic acids is 1. The fourth-order valence-corrected chi connectivity index (χ4v) is 4.27. The molecule has 34 heavy (non-hydrogen) atoms. The van der Waals surface area contributed by atoms with Gasteiger partial charge in [0.25, 0.3) is 0 Å². The van der Waals surface area contributed by atoms with Gasteiger partial charge in [0, 0.05) is 58.3 Å². The molecule has 0 spiro atoms. The van der Waals surface area contributed by atoms with E-state index in [0.29, 0.717) is 43.9 Å². The molecule has 3 rings (SSSR count). The highest BCUT2D eigenvalue weighted by molar-refractivity contribution is 6.14. The second-order valence-electron chi connectivity index (χ2n) is 8.59. The zero-order valence-corrected chi connectivity index (χ0v) is 19.8. The number of hydrogen-bond acceptors (Lipinski definition) is 9. The zero-order chi connectivity index (χ0) is 24.2. The number of Topliss-reactive ketones (excluding diaryl/α,β-unsaturated/α-hetero) is 1. The van der Waals surface area contributed by atoms with Crippen LogP contribution in [0.1, 0.15) is 24.3 Å². The summed E-state index contributed by atoms with van der Waals surface area (Å²) >= 11 is 0. The summed E-state index contributed by atoms with van der Waals surface area (Å²) in [4.78, 5) is 21.7. The third kappa shape index (κ3) is 8.18. The van der Waals surface area contributed by atoms with Crippen molar-refractivity contribution in [3.8, 4) is 5.75 Å². The quantitative estimate of drug-likeness (QED) is 0.286. The van der Waals surface area contributed by atoms with E-state index in [1.54, 1.807) is 0 Å². The van der Waals surface area contributed by atoms with Crippen LogP contribution < -0.4 is 4.74 Å². The summed E-state index contributed by atoms with van der Waals surface area (Å²) in [5.74, 6) is 0.574. The Hall–Kier alpha value is -2.30. The van der Waals surface area contributed by atoms with Gasteiger partial charge in [-0.15, -0.1) is 0 Å². The van der Waals surface area contributed by atoms with Crippen molar-refractivity contribution in [2.45, 2.75) is 18.8 Å². The number of rotatable bonds is 13. The van der Waals surface area contributed by atoms with Crippen LogP contribution in [0, 0.1) is 0 Å². The Kier molecular flexibility index (Phi) is 11.0. The highest BCUT2D eigenvalue weighted by Gasteiger charge is 2.28. The molecule has 9 heteroatoms. The van der Waals surface area contributed by atoms with E-state index in [1.807, 2.05) is 24.3 Å². The average molecular weight is 476 g/mol. The minimum atomic E-state index is -0.103. The molecule has 1 atom stereocenters. The van der Waals surface area contributed by atoms with Gasteiger partial charge in [-0.05, 0) is 23.6 Å². The predicted molar refractivity (Wildman–Crippen MR) is 130 cm³/mol. The number of carbonyl (C=O) groups is 1. The summed E-state index contributed by atoms with van der Waals surface area (Å²) in [6, 6.07) is 7.57. The molecular formula is C25H37N3O6. The molecule has 0 aromatic heterocycles. The van der Waals surface area contributed by atoms with Crippen LogP contribution in [0.3, 0.4) is 0 Å². The molecule has 1 aromatic rings. The number of allylic oxidation sites excluding steroid dienone is 2. The Morgan fingerprint density at radius 1 is 1.00 bits per heavy atom. The summed E-state index contributed by atoms with van der Waals surface area (Å²) in [6.45, 7) is 7.12. The Labute approximate surface area is 201 Å². The molecule has 1 saturated heterocycles. The van der Waals surface area contributed by atoms with Gasteiger partial charge >= 0.3 is 0 Å². The first-order valence-electron chi connectivity index (χ1n) is 12.0. The molecule has 3 N–H and O–H groups in total. The molecule has 0 saturated carbocycles. The Balaban J connectivity index is 1.47. The molecule has 2 aliphatic rings. The smallest absolute Gasteiger partial charge is 0.168 e. The lowest BCUT2D eigenvalue weighted by atomic mass is 9.83. The number of piperazine rings is 1. The molecule has 1 unspecified atom stereocenters. The first-order chi connectivity index (χ1) is 16.6. The van der Waals surface area contributed by atoms with Gasteiger partial charge in [-0.1, -0.05) is 12.1 Å². The maximum absolute atomic E-state index is 12.7. The molecule has 1 fully saturated rings. The first kappa shape index (κ1) is 26.3. The molecule has 0 bridgehead atoms. The first-order valence-corrected chi connectivity index (χ1v) is 12.0. The van der Waals surface area contributed by atoms with Crippen molar-refractivity contribution in [1.29, 1.82) is 0 Å². The summed E-state index contributed by atoms with van der Waals surface area (Å²) in [6.07, 6.45) is 2.24. The van der Waals surface area contributed by atoms with Crippen molar-refractivity contribution in [3.05, 3.63) is 41.2 Å². The number of ketones is 1. The van der Waals surface area contributed by atoms with Crippen LogP contribution >= 0.6 is 0 Å². The van der Waals surface area contributed by atoms with Crippen LogP contribution in [-0.2, 0) is 9.53 Å². The molecule has 0 amide bonds. The minimum absolute atomic E-state index is 0.0155. The SMILES string of the molecule is O=C1CC(c2cccc(OCCOCCO)c2)CC(O)=C1C=NCCN1CCN(CCO)CC1. The molecule has 1 aliphatic carbocycles. The van der Waals surface area contributed by atoms with E-state index in [0.717, 1.165) is 44.8 Å². The van der Waals surface area contributed by atoms with Crippen molar-refractivity contribution in [1.82, 2.24) is 9.80 Å². The third-order valence-electron chi connectivity index (χ3n) is 6.19. The summed E-state index contributed by atoms with van der Waals surface area (Å²) < 4.78 is 10.9. The number of aliphatic hydroxyl groups excluding tert-OH is 3. The predicted octanol–water partition coefficient (Wildman–Crippen LogP) is 1.01. The van der Waals surface area contributed by atoms with E-state index in [4.69, 9.17) is 19.7 Å². The summed E-state index contributed by atoms with van der Waals surface area (Å²) in [7, 11) is 0. The van der Waals surface area contributed by atoms with Crippen LogP contribution in [0.5, 0.6) is 5.75 Å². The molecule has 188 valence electrons. The zero-order valence-electron chi connectivity index (χ0n) is 19.8. The summed E-state index contributed by atoms with van der Waals surface area (Å²) in [5.41, 5.74) is 1.27. The van der Waals surface area contributed by atoms with Gasteiger partial charge in [-0.25, -0.2) is 0 Å².